The first-order chi connectivity index (χ1) is 11.7. The lowest BCUT2D eigenvalue weighted by Crippen LogP contribution is -2.35. The molecular formula is C16H15IN2O5S. The number of halogens is 1. The number of carbonyl (C=O) groups is 2. The summed E-state index contributed by atoms with van der Waals surface area (Å²) < 4.78 is 27.4. The molecular weight excluding hydrogens is 459 g/mol. The van der Waals surface area contributed by atoms with Gasteiger partial charge >= 0.3 is 5.97 Å². The Morgan fingerprint density at radius 2 is 1.80 bits per heavy atom. The van der Waals surface area contributed by atoms with Crippen molar-refractivity contribution in [3.8, 4) is 0 Å². The van der Waals surface area contributed by atoms with E-state index >= 15 is 0 Å². The largest absolute Gasteiger partial charge is 0.480 e. The predicted octanol–water partition coefficient (Wildman–Crippen LogP) is 2.53. The normalized spacial score (nSPS) is 11.0. The number of amides is 1. The Balaban J connectivity index is 2.44. The molecule has 0 aliphatic carbocycles. The second kappa shape index (κ2) is 7.83. The molecule has 0 fully saturated rings. The fourth-order valence-corrected chi connectivity index (χ4v) is 4.04. The summed E-state index contributed by atoms with van der Waals surface area (Å²) in [7, 11) is -4.07. The molecule has 0 atom stereocenters. The van der Waals surface area contributed by atoms with Gasteiger partial charge in [-0.05, 0) is 65.1 Å². The van der Waals surface area contributed by atoms with Crippen LogP contribution in [0.4, 0.5) is 11.4 Å². The molecule has 25 heavy (non-hydrogen) atoms. The van der Waals surface area contributed by atoms with Crippen LogP contribution in [0.15, 0.2) is 53.4 Å². The summed E-state index contributed by atoms with van der Waals surface area (Å²) in [5, 5.41) is 11.7. The standard InChI is InChI=1S/C16H15IN2O5S/c1-11(20)18-13-5-7-15(8-6-13)25(23,24)19(10-16(21)22)14-4-2-3-12(17)9-14/h2-9H,10H2,1H3,(H,18,20)(H,21,22). The summed E-state index contributed by atoms with van der Waals surface area (Å²) in [5.74, 6) is -1.54. The van der Waals surface area contributed by atoms with Gasteiger partial charge in [0.25, 0.3) is 10.0 Å². The van der Waals surface area contributed by atoms with Crippen LogP contribution in [0.5, 0.6) is 0 Å². The van der Waals surface area contributed by atoms with E-state index in [1.54, 1.807) is 18.2 Å². The maximum absolute atomic E-state index is 12.9. The Kier molecular flexibility index (Phi) is 6.01. The van der Waals surface area contributed by atoms with Gasteiger partial charge in [0.15, 0.2) is 0 Å². The zero-order valence-electron chi connectivity index (χ0n) is 13.1. The molecule has 0 spiro atoms. The van der Waals surface area contributed by atoms with Crippen LogP contribution in [-0.2, 0) is 19.6 Å². The Morgan fingerprint density at radius 3 is 2.32 bits per heavy atom. The van der Waals surface area contributed by atoms with E-state index in [1.165, 1.54) is 37.3 Å². The van der Waals surface area contributed by atoms with Gasteiger partial charge < -0.3 is 10.4 Å². The number of nitrogens with one attached hydrogen (secondary N) is 1. The number of hydrogen-bond donors (Lipinski definition) is 2. The van der Waals surface area contributed by atoms with Crippen molar-refractivity contribution in [1.29, 1.82) is 0 Å². The van der Waals surface area contributed by atoms with Crippen LogP contribution in [0.25, 0.3) is 0 Å². The number of rotatable bonds is 6. The Bertz CT molecular complexity index is 897. The highest BCUT2D eigenvalue weighted by atomic mass is 127. The minimum atomic E-state index is -4.07. The second-order valence-electron chi connectivity index (χ2n) is 5.09. The molecule has 0 aliphatic heterocycles. The molecule has 0 radical (unpaired) electrons. The van der Waals surface area contributed by atoms with Gasteiger partial charge in [-0.3, -0.25) is 13.9 Å². The highest BCUT2D eigenvalue weighted by Crippen LogP contribution is 2.25. The lowest BCUT2D eigenvalue weighted by Gasteiger charge is -2.23. The average molecular weight is 474 g/mol. The van der Waals surface area contributed by atoms with E-state index in [1.807, 2.05) is 22.6 Å². The van der Waals surface area contributed by atoms with E-state index in [-0.39, 0.29) is 16.5 Å². The third kappa shape index (κ3) is 4.92. The zero-order chi connectivity index (χ0) is 18.6. The number of aliphatic carboxylic acids is 1. The monoisotopic (exact) mass is 474 g/mol. The number of carbonyl (C=O) groups excluding carboxylic acids is 1. The average Bonchev–Trinajstić information content (AvgIpc) is 2.52. The van der Waals surface area contributed by atoms with Crippen molar-refractivity contribution < 1.29 is 23.1 Å². The molecule has 2 aromatic rings. The van der Waals surface area contributed by atoms with Crippen molar-refractivity contribution in [2.45, 2.75) is 11.8 Å². The summed E-state index contributed by atoms with van der Waals surface area (Å²) in [6.07, 6.45) is 0. The third-order valence-electron chi connectivity index (χ3n) is 3.14. The number of nitrogens with zero attached hydrogens (tertiary/aromatic N) is 1. The van der Waals surface area contributed by atoms with Crippen molar-refractivity contribution in [3.63, 3.8) is 0 Å². The van der Waals surface area contributed by atoms with Gasteiger partial charge in [-0.25, -0.2) is 8.42 Å². The minimum absolute atomic E-state index is 0.0679. The van der Waals surface area contributed by atoms with Crippen molar-refractivity contribution in [2.24, 2.45) is 0 Å². The van der Waals surface area contributed by atoms with Gasteiger partial charge in [0.1, 0.15) is 6.54 Å². The molecule has 2 rings (SSSR count). The molecule has 1 amide bonds. The number of benzene rings is 2. The third-order valence-corrected chi connectivity index (χ3v) is 5.60. The van der Waals surface area contributed by atoms with Crippen molar-refractivity contribution >= 4 is 55.9 Å². The van der Waals surface area contributed by atoms with Gasteiger partial charge in [0, 0.05) is 16.2 Å². The number of carboxylic acids is 1. The van der Waals surface area contributed by atoms with E-state index in [4.69, 9.17) is 5.11 Å². The predicted molar refractivity (Wildman–Crippen MR) is 102 cm³/mol. The lowest BCUT2D eigenvalue weighted by atomic mass is 10.3. The molecule has 0 aliphatic rings. The molecule has 0 bridgehead atoms. The first kappa shape index (κ1) is 19.2. The van der Waals surface area contributed by atoms with Crippen LogP contribution in [0.3, 0.4) is 0 Å². The molecule has 9 heteroatoms. The fraction of sp³-hybridized carbons (Fsp3) is 0.125. The molecule has 132 valence electrons. The summed E-state index contributed by atoms with van der Waals surface area (Å²) in [6, 6.07) is 12.1. The summed E-state index contributed by atoms with van der Waals surface area (Å²) in [5.41, 5.74) is 0.714. The van der Waals surface area contributed by atoms with Crippen LogP contribution < -0.4 is 9.62 Å². The van der Waals surface area contributed by atoms with E-state index in [0.29, 0.717) is 5.69 Å². The second-order valence-corrected chi connectivity index (χ2v) is 8.20. The van der Waals surface area contributed by atoms with Crippen molar-refractivity contribution in [3.05, 3.63) is 52.1 Å². The maximum Gasteiger partial charge on any atom is 0.324 e. The molecule has 2 aromatic carbocycles. The van der Waals surface area contributed by atoms with Crippen LogP contribution >= 0.6 is 22.6 Å². The molecule has 2 N–H and O–H groups in total. The SMILES string of the molecule is CC(=O)Nc1ccc(S(=O)(=O)N(CC(=O)O)c2cccc(I)c2)cc1. The van der Waals surface area contributed by atoms with Crippen molar-refractivity contribution in [2.75, 3.05) is 16.2 Å². The topological polar surface area (TPSA) is 104 Å². The molecule has 7 nitrogen and oxygen atoms in total. The van der Waals surface area contributed by atoms with E-state index in [9.17, 15) is 18.0 Å². The van der Waals surface area contributed by atoms with Gasteiger partial charge in [-0.1, -0.05) is 6.07 Å². The molecule has 0 saturated carbocycles. The highest BCUT2D eigenvalue weighted by Gasteiger charge is 2.27. The van der Waals surface area contributed by atoms with Crippen molar-refractivity contribution in [1.82, 2.24) is 0 Å². The van der Waals surface area contributed by atoms with Gasteiger partial charge in [-0.2, -0.15) is 0 Å². The van der Waals surface area contributed by atoms with Crippen LogP contribution in [-0.4, -0.2) is 31.9 Å². The molecule has 0 saturated heterocycles. The number of anilines is 2. The van der Waals surface area contributed by atoms with Crippen LogP contribution in [0.1, 0.15) is 6.92 Å². The Morgan fingerprint density at radius 1 is 1.16 bits per heavy atom. The summed E-state index contributed by atoms with van der Waals surface area (Å²) in [6.45, 7) is 0.645. The quantitative estimate of drug-likeness (QED) is 0.627. The Hall–Kier alpha value is -2.14. The summed E-state index contributed by atoms with van der Waals surface area (Å²) >= 11 is 2.02. The molecule has 0 aromatic heterocycles. The minimum Gasteiger partial charge on any atom is -0.480 e. The Labute approximate surface area is 158 Å². The van der Waals surface area contributed by atoms with Gasteiger partial charge in [-0.15, -0.1) is 0 Å². The first-order valence-electron chi connectivity index (χ1n) is 7.08. The van der Waals surface area contributed by atoms with E-state index < -0.39 is 22.5 Å². The van der Waals surface area contributed by atoms with E-state index in [2.05, 4.69) is 5.32 Å². The van der Waals surface area contributed by atoms with Gasteiger partial charge in [0.05, 0.1) is 10.6 Å². The van der Waals surface area contributed by atoms with Crippen LogP contribution in [0.2, 0.25) is 0 Å². The maximum atomic E-state index is 12.9. The lowest BCUT2D eigenvalue weighted by molar-refractivity contribution is -0.135. The summed E-state index contributed by atoms with van der Waals surface area (Å²) in [4.78, 5) is 22.1. The molecule has 0 unspecified atom stereocenters. The van der Waals surface area contributed by atoms with E-state index in [0.717, 1.165) is 7.88 Å². The highest BCUT2D eigenvalue weighted by molar-refractivity contribution is 14.1. The smallest absolute Gasteiger partial charge is 0.324 e. The van der Waals surface area contributed by atoms with Crippen LogP contribution in [0, 0.1) is 3.57 Å². The van der Waals surface area contributed by atoms with Gasteiger partial charge in [0.2, 0.25) is 5.91 Å². The first-order valence-corrected chi connectivity index (χ1v) is 9.60. The number of carboxylic acid groups (broad SMARTS) is 1. The zero-order valence-corrected chi connectivity index (χ0v) is 16.1. The fourth-order valence-electron chi connectivity index (χ4n) is 2.11. The molecule has 0 heterocycles. The number of hydrogen-bond acceptors (Lipinski definition) is 4. The number of sulfonamides is 1.